The Kier molecular flexibility index (Phi) is 3.59. The minimum Gasteiger partial charge on any atom is -0.448 e. The summed E-state index contributed by atoms with van der Waals surface area (Å²) in [6.07, 6.45) is 1.53. The lowest BCUT2D eigenvalue weighted by atomic mass is 9.97. The fourth-order valence-electron chi connectivity index (χ4n) is 2.36. The molecule has 1 aromatic carbocycles. The van der Waals surface area contributed by atoms with Gasteiger partial charge in [-0.3, -0.25) is 4.79 Å². The molecule has 0 aliphatic rings. The van der Waals surface area contributed by atoms with E-state index in [1.165, 1.54) is 6.26 Å². The maximum Gasteiger partial charge on any atom is 0.259 e. The number of aromatic nitrogens is 3. The first-order valence-corrected chi connectivity index (χ1v) is 7.76. The zero-order chi connectivity index (χ0) is 16.8. The molecule has 3 rings (SSSR count). The highest BCUT2D eigenvalue weighted by molar-refractivity contribution is 5.80. The molecule has 0 atom stereocenters. The summed E-state index contributed by atoms with van der Waals surface area (Å²) >= 11 is 0. The van der Waals surface area contributed by atoms with Gasteiger partial charge in [0.1, 0.15) is 12.0 Å². The summed E-state index contributed by atoms with van der Waals surface area (Å²) in [5, 5.41) is 0.597. The number of rotatable bonds is 2. The van der Waals surface area contributed by atoms with E-state index in [4.69, 9.17) is 4.42 Å². The van der Waals surface area contributed by atoms with Crippen molar-refractivity contribution in [3.8, 4) is 11.5 Å². The number of hydrogen-bond acceptors (Lipinski definition) is 4. The number of benzene rings is 1. The van der Waals surface area contributed by atoms with Gasteiger partial charge in [-0.2, -0.15) is 0 Å². The summed E-state index contributed by atoms with van der Waals surface area (Å²) in [5.74, 6) is 1.41. The van der Waals surface area contributed by atoms with Crippen molar-refractivity contribution < 1.29 is 4.42 Å². The molecule has 5 heteroatoms. The van der Waals surface area contributed by atoms with Crippen LogP contribution < -0.4 is 5.56 Å². The van der Waals surface area contributed by atoms with Crippen molar-refractivity contribution in [2.75, 3.05) is 0 Å². The van der Waals surface area contributed by atoms with E-state index in [9.17, 15) is 4.79 Å². The number of H-pyrrole nitrogens is 1. The Morgan fingerprint density at radius 2 is 1.91 bits per heavy atom. The van der Waals surface area contributed by atoms with Gasteiger partial charge in [0, 0.05) is 5.41 Å². The van der Waals surface area contributed by atoms with E-state index in [0.717, 1.165) is 5.56 Å². The van der Waals surface area contributed by atoms with E-state index in [-0.39, 0.29) is 11.0 Å². The van der Waals surface area contributed by atoms with Gasteiger partial charge in [-0.1, -0.05) is 40.7 Å². The lowest BCUT2D eigenvalue weighted by Crippen LogP contribution is -2.12. The molecule has 5 nitrogen and oxygen atoms in total. The summed E-state index contributed by atoms with van der Waals surface area (Å²) in [6, 6.07) is 5.79. The van der Waals surface area contributed by atoms with Crippen LogP contribution in [0.3, 0.4) is 0 Å². The SMILES string of the molecule is CC(C)c1ccc2nc(-c3coc(C(C)(C)C)n3)[nH]c(=O)c2c1. The van der Waals surface area contributed by atoms with Crippen LogP contribution in [0.5, 0.6) is 0 Å². The predicted molar refractivity (Wildman–Crippen MR) is 90.6 cm³/mol. The molecule has 2 aromatic heterocycles. The fourth-order valence-corrected chi connectivity index (χ4v) is 2.36. The number of fused-ring (bicyclic) bond motifs is 1. The first-order chi connectivity index (χ1) is 10.8. The standard InChI is InChI=1S/C18H21N3O2/c1-10(2)11-6-7-13-12(8-11)16(22)21-15(19-13)14-9-23-17(20-14)18(3,4)5/h6-10H,1-5H3,(H,19,21,22). The Morgan fingerprint density at radius 1 is 1.17 bits per heavy atom. The van der Waals surface area contributed by atoms with Crippen molar-refractivity contribution in [3.05, 3.63) is 46.3 Å². The monoisotopic (exact) mass is 311 g/mol. The summed E-state index contributed by atoms with van der Waals surface area (Å²) in [5.41, 5.74) is 1.97. The van der Waals surface area contributed by atoms with Gasteiger partial charge in [0.25, 0.3) is 5.56 Å². The molecule has 2 heterocycles. The molecule has 0 fully saturated rings. The van der Waals surface area contributed by atoms with E-state index in [2.05, 4.69) is 28.8 Å². The molecule has 0 aliphatic carbocycles. The molecule has 0 saturated carbocycles. The van der Waals surface area contributed by atoms with Gasteiger partial charge < -0.3 is 9.40 Å². The van der Waals surface area contributed by atoms with E-state index >= 15 is 0 Å². The Labute approximate surface area is 134 Å². The van der Waals surface area contributed by atoms with Crippen LogP contribution >= 0.6 is 0 Å². The number of oxazole rings is 1. The van der Waals surface area contributed by atoms with Crippen LogP contribution in [0.1, 0.15) is 52.0 Å². The van der Waals surface area contributed by atoms with Crippen LogP contribution in [0.25, 0.3) is 22.4 Å². The third-order valence-corrected chi connectivity index (χ3v) is 3.78. The third kappa shape index (κ3) is 2.91. The Morgan fingerprint density at radius 3 is 2.52 bits per heavy atom. The number of nitrogens with zero attached hydrogens (tertiary/aromatic N) is 2. The summed E-state index contributed by atoms with van der Waals surface area (Å²) < 4.78 is 5.51. The topological polar surface area (TPSA) is 71.8 Å². The molecule has 23 heavy (non-hydrogen) atoms. The second-order valence-corrected chi connectivity index (χ2v) is 7.13. The molecule has 1 N–H and O–H groups in total. The molecule has 3 aromatic rings. The van der Waals surface area contributed by atoms with Crippen LogP contribution in [0.4, 0.5) is 0 Å². The largest absolute Gasteiger partial charge is 0.448 e. The van der Waals surface area contributed by atoms with Crippen LogP contribution in [-0.4, -0.2) is 15.0 Å². The number of nitrogens with one attached hydrogen (secondary N) is 1. The van der Waals surface area contributed by atoms with Crippen molar-refractivity contribution in [2.24, 2.45) is 0 Å². The zero-order valence-corrected chi connectivity index (χ0v) is 14.1. The smallest absolute Gasteiger partial charge is 0.259 e. The lowest BCUT2D eigenvalue weighted by Gasteiger charge is -2.11. The highest BCUT2D eigenvalue weighted by Crippen LogP contribution is 2.25. The minimum atomic E-state index is -0.193. The van der Waals surface area contributed by atoms with Crippen molar-refractivity contribution >= 4 is 10.9 Å². The first kappa shape index (κ1) is 15.5. The number of aromatic amines is 1. The molecule has 120 valence electrons. The fraction of sp³-hybridized carbons (Fsp3) is 0.389. The molecule has 0 unspecified atom stereocenters. The molecule has 0 bridgehead atoms. The molecular weight excluding hydrogens is 290 g/mol. The first-order valence-electron chi connectivity index (χ1n) is 7.76. The van der Waals surface area contributed by atoms with Gasteiger partial charge in [-0.25, -0.2) is 9.97 Å². The Balaban J connectivity index is 2.11. The second kappa shape index (κ2) is 5.33. The lowest BCUT2D eigenvalue weighted by molar-refractivity contribution is 0.392. The van der Waals surface area contributed by atoms with Gasteiger partial charge in [0.2, 0.25) is 0 Å². The van der Waals surface area contributed by atoms with Gasteiger partial charge >= 0.3 is 0 Å². The van der Waals surface area contributed by atoms with Crippen LogP contribution in [0.15, 0.2) is 33.7 Å². The van der Waals surface area contributed by atoms with Gasteiger partial charge in [-0.15, -0.1) is 0 Å². The van der Waals surface area contributed by atoms with Crippen molar-refractivity contribution in [1.82, 2.24) is 15.0 Å². The van der Waals surface area contributed by atoms with E-state index < -0.39 is 0 Å². The van der Waals surface area contributed by atoms with Crippen LogP contribution in [0.2, 0.25) is 0 Å². The maximum absolute atomic E-state index is 12.4. The number of hydrogen-bond donors (Lipinski definition) is 1. The molecule has 0 spiro atoms. The second-order valence-electron chi connectivity index (χ2n) is 7.13. The quantitative estimate of drug-likeness (QED) is 0.776. The highest BCUT2D eigenvalue weighted by Gasteiger charge is 2.21. The van der Waals surface area contributed by atoms with E-state index in [0.29, 0.717) is 34.2 Å². The average molecular weight is 311 g/mol. The van der Waals surface area contributed by atoms with Crippen LogP contribution in [-0.2, 0) is 5.41 Å². The van der Waals surface area contributed by atoms with Gasteiger partial charge in [-0.05, 0) is 23.6 Å². The maximum atomic E-state index is 12.4. The highest BCUT2D eigenvalue weighted by atomic mass is 16.3. The van der Waals surface area contributed by atoms with Crippen molar-refractivity contribution in [3.63, 3.8) is 0 Å². The summed E-state index contributed by atoms with van der Waals surface area (Å²) in [6.45, 7) is 10.3. The Hall–Kier alpha value is -2.43. The zero-order valence-electron chi connectivity index (χ0n) is 14.1. The Bertz CT molecular complexity index is 914. The molecular formula is C18H21N3O2. The third-order valence-electron chi connectivity index (χ3n) is 3.78. The average Bonchev–Trinajstić information content (AvgIpc) is 2.96. The molecule has 0 radical (unpaired) electrons. The minimum absolute atomic E-state index is 0.159. The molecule has 0 aliphatic heterocycles. The summed E-state index contributed by atoms with van der Waals surface area (Å²) in [4.78, 5) is 24.2. The van der Waals surface area contributed by atoms with Crippen molar-refractivity contribution in [2.45, 2.75) is 46.0 Å². The normalized spacial score (nSPS) is 12.3. The van der Waals surface area contributed by atoms with E-state index in [1.54, 1.807) is 0 Å². The predicted octanol–water partition coefficient (Wildman–Crippen LogP) is 4.00. The van der Waals surface area contributed by atoms with E-state index in [1.807, 2.05) is 39.0 Å². The molecule has 0 amide bonds. The summed E-state index contributed by atoms with van der Waals surface area (Å²) in [7, 11) is 0. The van der Waals surface area contributed by atoms with Gasteiger partial charge in [0.05, 0.1) is 10.9 Å². The van der Waals surface area contributed by atoms with Crippen LogP contribution in [0, 0.1) is 0 Å². The van der Waals surface area contributed by atoms with Gasteiger partial charge in [0.15, 0.2) is 11.7 Å². The van der Waals surface area contributed by atoms with Crippen molar-refractivity contribution in [1.29, 1.82) is 0 Å². The molecule has 0 saturated heterocycles.